The van der Waals surface area contributed by atoms with E-state index >= 15 is 0 Å². The second-order valence-electron chi connectivity index (χ2n) is 6.82. The molecule has 4 nitrogen and oxygen atoms in total. The molecule has 0 unspecified atom stereocenters. The summed E-state index contributed by atoms with van der Waals surface area (Å²) in [5.74, 6) is -0.930. The van der Waals surface area contributed by atoms with Crippen LogP contribution in [-0.4, -0.2) is 16.9 Å². The molecule has 1 aromatic carbocycles. The predicted molar refractivity (Wildman–Crippen MR) is 106 cm³/mol. The Labute approximate surface area is 159 Å². The molecule has 0 fully saturated rings. The topological polar surface area (TPSA) is 80.4 Å². The number of thiophene rings is 1. The van der Waals surface area contributed by atoms with Gasteiger partial charge in [0.2, 0.25) is 0 Å². The first kappa shape index (κ1) is 20.3. The van der Waals surface area contributed by atoms with Gasteiger partial charge in [-0.3, -0.25) is 9.59 Å². The fourth-order valence-corrected chi connectivity index (χ4v) is 3.92. The van der Waals surface area contributed by atoms with Crippen molar-refractivity contribution < 1.29 is 14.7 Å². The smallest absolute Gasteiger partial charge is 0.303 e. The van der Waals surface area contributed by atoms with Crippen LogP contribution in [0.5, 0.6) is 0 Å². The van der Waals surface area contributed by atoms with Gasteiger partial charge in [-0.1, -0.05) is 31.2 Å². The number of carbonyl (C=O) groups is 2. The highest BCUT2D eigenvalue weighted by molar-refractivity contribution is 7.14. The van der Waals surface area contributed by atoms with Crippen molar-refractivity contribution in [3.8, 4) is 0 Å². The quantitative estimate of drug-likeness (QED) is 0.450. The molecular weight excluding hydrogens is 346 g/mol. The normalized spacial score (nSPS) is 12.1. The highest BCUT2D eigenvalue weighted by Gasteiger charge is 2.15. The van der Waals surface area contributed by atoms with Crippen LogP contribution in [0.2, 0.25) is 0 Å². The number of carboxylic acid groups (broad SMARTS) is 1. The van der Waals surface area contributed by atoms with Gasteiger partial charge in [0.1, 0.15) is 0 Å². The Morgan fingerprint density at radius 2 is 1.65 bits per heavy atom. The lowest BCUT2D eigenvalue weighted by atomic mass is 10.0. The number of aliphatic carboxylic acids is 1. The van der Waals surface area contributed by atoms with E-state index in [2.05, 4.69) is 24.3 Å². The van der Waals surface area contributed by atoms with Crippen LogP contribution in [-0.2, 0) is 24.2 Å². The van der Waals surface area contributed by atoms with E-state index in [-0.39, 0.29) is 18.1 Å². The molecule has 1 heterocycles. The molecule has 0 aliphatic carbocycles. The van der Waals surface area contributed by atoms with E-state index in [0.717, 1.165) is 36.1 Å². The summed E-state index contributed by atoms with van der Waals surface area (Å²) in [5.41, 5.74) is 8.09. The van der Waals surface area contributed by atoms with Crippen LogP contribution >= 0.6 is 11.3 Å². The van der Waals surface area contributed by atoms with Crippen molar-refractivity contribution in [2.75, 3.05) is 0 Å². The molecule has 0 aliphatic rings. The average Bonchev–Trinajstić information content (AvgIpc) is 3.07. The lowest BCUT2D eigenvalue weighted by Gasteiger charge is -2.05. The van der Waals surface area contributed by atoms with E-state index in [0.29, 0.717) is 13.0 Å². The van der Waals surface area contributed by atoms with Crippen LogP contribution in [0.15, 0.2) is 36.4 Å². The van der Waals surface area contributed by atoms with Gasteiger partial charge in [0.25, 0.3) is 0 Å². The van der Waals surface area contributed by atoms with Crippen molar-refractivity contribution in [3.05, 3.63) is 57.3 Å². The summed E-state index contributed by atoms with van der Waals surface area (Å²) in [5, 5.41) is 8.79. The van der Waals surface area contributed by atoms with Crippen LogP contribution < -0.4 is 5.73 Å². The summed E-state index contributed by atoms with van der Waals surface area (Å²) in [4.78, 5) is 24.9. The van der Waals surface area contributed by atoms with E-state index in [4.69, 9.17) is 10.8 Å². The highest BCUT2D eigenvalue weighted by Crippen LogP contribution is 2.22. The maximum atomic E-state index is 12.2. The lowest BCUT2D eigenvalue weighted by molar-refractivity contribution is -0.137. The molecule has 0 spiro atoms. The Balaban J connectivity index is 1.73. The second kappa shape index (κ2) is 10.2. The van der Waals surface area contributed by atoms with Crippen LogP contribution in [0.3, 0.4) is 0 Å². The number of rotatable bonds is 11. The number of aryl methyl sites for hydroxylation is 2. The Hall–Kier alpha value is -1.98. The maximum Gasteiger partial charge on any atom is 0.303 e. The molecule has 0 bridgehead atoms. The van der Waals surface area contributed by atoms with Gasteiger partial charge in [-0.15, -0.1) is 11.3 Å². The number of Topliss-reactive ketones (excluding diaryl/α,β-unsaturated/α-hetero) is 1. The molecule has 1 aromatic heterocycles. The van der Waals surface area contributed by atoms with Crippen LogP contribution in [0.4, 0.5) is 0 Å². The van der Waals surface area contributed by atoms with Gasteiger partial charge in [-0.25, -0.2) is 0 Å². The standard InChI is InChI=1S/C21H27NO3S/c1-15(13-21(24)25)12-19(23)20-11-10-18(26-20)5-3-2-4-16-6-8-17(14-22)9-7-16/h6-11,15H,2-5,12-14,22H2,1H3,(H,24,25)/t15-/m1/s1. The third kappa shape index (κ3) is 6.73. The minimum Gasteiger partial charge on any atom is -0.481 e. The summed E-state index contributed by atoms with van der Waals surface area (Å²) in [7, 11) is 0. The molecule has 2 aromatic rings. The third-order valence-electron chi connectivity index (χ3n) is 4.39. The Morgan fingerprint density at radius 3 is 2.31 bits per heavy atom. The summed E-state index contributed by atoms with van der Waals surface area (Å²) < 4.78 is 0. The van der Waals surface area contributed by atoms with Crippen molar-refractivity contribution in [1.82, 2.24) is 0 Å². The Kier molecular flexibility index (Phi) is 8.01. The predicted octanol–water partition coefficient (Wildman–Crippen LogP) is 4.46. The maximum absolute atomic E-state index is 12.2. The summed E-state index contributed by atoms with van der Waals surface area (Å²) >= 11 is 1.54. The van der Waals surface area contributed by atoms with E-state index < -0.39 is 5.97 Å². The number of benzene rings is 1. The van der Waals surface area contributed by atoms with Crippen molar-refractivity contribution in [2.45, 2.75) is 52.0 Å². The number of carboxylic acids is 1. The van der Waals surface area contributed by atoms with Crippen molar-refractivity contribution in [1.29, 1.82) is 0 Å². The number of hydrogen-bond donors (Lipinski definition) is 2. The van der Waals surface area contributed by atoms with Gasteiger partial charge >= 0.3 is 5.97 Å². The van der Waals surface area contributed by atoms with Gasteiger partial charge < -0.3 is 10.8 Å². The van der Waals surface area contributed by atoms with Crippen LogP contribution in [0.25, 0.3) is 0 Å². The molecule has 2 rings (SSSR count). The summed E-state index contributed by atoms with van der Waals surface area (Å²) in [6.07, 6.45) is 4.56. The minimum absolute atomic E-state index is 0.0379. The first-order valence-corrected chi connectivity index (χ1v) is 9.91. The summed E-state index contributed by atoms with van der Waals surface area (Å²) in [6.45, 7) is 2.38. The molecular formula is C21H27NO3S. The van der Waals surface area contributed by atoms with Crippen LogP contribution in [0, 0.1) is 5.92 Å². The second-order valence-corrected chi connectivity index (χ2v) is 7.99. The van der Waals surface area contributed by atoms with Crippen molar-refractivity contribution in [2.24, 2.45) is 11.7 Å². The lowest BCUT2D eigenvalue weighted by Crippen LogP contribution is -2.09. The first-order valence-electron chi connectivity index (χ1n) is 9.09. The fourth-order valence-electron chi connectivity index (χ4n) is 2.92. The largest absolute Gasteiger partial charge is 0.481 e. The Morgan fingerprint density at radius 1 is 1.00 bits per heavy atom. The fraction of sp³-hybridized carbons (Fsp3) is 0.429. The molecule has 3 N–H and O–H groups in total. The van der Waals surface area contributed by atoms with Crippen molar-refractivity contribution in [3.63, 3.8) is 0 Å². The number of carbonyl (C=O) groups excluding carboxylic acids is 1. The minimum atomic E-state index is -0.852. The van der Waals surface area contributed by atoms with E-state index in [1.807, 2.05) is 12.1 Å². The molecule has 5 heteroatoms. The van der Waals surface area contributed by atoms with Gasteiger partial charge in [0.05, 0.1) is 4.88 Å². The molecule has 0 amide bonds. The van der Waals surface area contributed by atoms with Gasteiger partial charge in [0, 0.05) is 24.3 Å². The van der Waals surface area contributed by atoms with Crippen LogP contribution in [0.1, 0.15) is 58.3 Å². The SMILES string of the molecule is C[C@@H](CC(=O)O)CC(=O)c1ccc(CCCCc2ccc(CN)cc2)s1. The first-order chi connectivity index (χ1) is 12.5. The molecule has 140 valence electrons. The zero-order chi connectivity index (χ0) is 18.9. The highest BCUT2D eigenvalue weighted by atomic mass is 32.1. The molecule has 0 saturated heterocycles. The number of unbranched alkanes of at least 4 members (excludes halogenated alkanes) is 1. The number of ketones is 1. The Bertz CT molecular complexity index is 721. The molecule has 26 heavy (non-hydrogen) atoms. The summed E-state index contributed by atoms with van der Waals surface area (Å²) in [6, 6.07) is 12.3. The average molecular weight is 374 g/mol. The van der Waals surface area contributed by atoms with E-state index in [1.165, 1.54) is 10.4 Å². The zero-order valence-corrected chi connectivity index (χ0v) is 16.1. The zero-order valence-electron chi connectivity index (χ0n) is 15.2. The van der Waals surface area contributed by atoms with E-state index in [9.17, 15) is 9.59 Å². The monoisotopic (exact) mass is 373 g/mol. The third-order valence-corrected chi connectivity index (χ3v) is 5.58. The molecule has 0 radical (unpaired) electrons. The number of hydrogen-bond acceptors (Lipinski definition) is 4. The molecule has 1 atom stereocenters. The number of nitrogens with two attached hydrogens (primary N) is 1. The molecule has 0 saturated carbocycles. The van der Waals surface area contributed by atoms with Gasteiger partial charge in [-0.2, -0.15) is 0 Å². The van der Waals surface area contributed by atoms with E-state index in [1.54, 1.807) is 18.3 Å². The van der Waals surface area contributed by atoms with Gasteiger partial charge in [-0.05, 0) is 54.9 Å². The van der Waals surface area contributed by atoms with Gasteiger partial charge in [0.15, 0.2) is 5.78 Å². The molecule has 0 aliphatic heterocycles. The van der Waals surface area contributed by atoms with Crippen molar-refractivity contribution >= 4 is 23.1 Å².